The number of aliphatic carboxylic acids is 2. The van der Waals surface area contributed by atoms with Crippen LogP contribution in [0.2, 0.25) is 0 Å². The van der Waals surface area contributed by atoms with E-state index in [1.54, 1.807) is 50.2 Å². The molecule has 4 aromatic rings. The zero-order valence-corrected chi connectivity index (χ0v) is 30.3. The van der Waals surface area contributed by atoms with Gasteiger partial charge in [0.25, 0.3) is 5.56 Å². The van der Waals surface area contributed by atoms with Crippen LogP contribution in [0.15, 0.2) is 82.9 Å². The van der Waals surface area contributed by atoms with Crippen LogP contribution < -0.4 is 27.7 Å². The number of nitrogen functional groups attached to an aromatic ring is 1. The molecule has 0 fully saturated rings. The Hall–Kier alpha value is -6.88. The summed E-state index contributed by atoms with van der Waals surface area (Å²) in [5.41, 5.74) is 11.8. The predicted octanol–water partition coefficient (Wildman–Crippen LogP) is 5.89. The van der Waals surface area contributed by atoms with E-state index in [0.29, 0.717) is 16.7 Å². The van der Waals surface area contributed by atoms with Gasteiger partial charge in [0.1, 0.15) is 19.0 Å². The minimum Gasteiger partial charge on any atom is -0.475 e. The molecule has 1 heterocycles. The van der Waals surface area contributed by atoms with E-state index in [2.05, 4.69) is 20.8 Å². The molecule has 0 unspecified atom stereocenters. The molecule has 0 aliphatic carbocycles. The Labute approximate surface area is 326 Å². The van der Waals surface area contributed by atoms with Crippen LogP contribution in [-0.4, -0.2) is 61.8 Å². The van der Waals surface area contributed by atoms with E-state index in [1.165, 1.54) is 24.4 Å². The van der Waals surface area contributed by atoms with Crippen molar-refractivity contribution in [2.75, 3.05) is 11.1 Å². The fraction of sp³-hybridized carbons (Fsp3) is 0.257. The Balaban J connectivity index is 0.000000732. The lowest BCUT2D eigenvalue weighted by Gasteiger charge is -2.17. The number of oxime groups is 1. The summed E-state index contributed by atoms with van der Waals surface area (Å²) in [6.07, 6.45) is -13.6. The molecule has 0 aliphatic heterocycles. The molecule has 0 aliphatic rings. The van der Waals surface area contributed by atoms with Crippen molar-refractivity contribution in [1.82, 2.24) is 14.9 Å². The first-order valence-electron chi connectivity index (χ1n) is 16.2. The maximum atomic E-state index is 13.5. The van der Waals surface area contributed by atoms with Gasteiger partial charge in [-0.1, -0.05) is 41.6 Å². The monoisotopic (exact) mass is 853 g/mol. The van der Waals surface area contributed by atoms with Crippen LogP contribution in [-0.2, 0) is 45.1 Å². The normalized spacial score (nSPS) is 11.7. The van der Waals surface area contributed by atoms with Crippen molar-refractivity contribution in [3.63, 3.8) is 0 Å². The summed E-state index contributed by atoms with van der Waals surface area (Å²) in [6.45, 7) is 3.25. The molecule has 8 N–H and O–H groups in total. The van der Waals surface area contributed by atoms with E-state index in [1.807, 2.05) is 0 Å². The van der Waals surface area contributed by atoms with Crippen molar-refractivity contribution in [2.45, 2.75) is 58.1 Å². The van der Waals surface area contributed by atoms with Crippen molar-refractivity contribution in [3.8, 4) is 11.3 Å². The number of hydrogen-bond acceptors (Lipinski definition) is 9. The van der Waals surface area contributed by atoms with E-state index in [9.17, 15) is 53.5 Å². The number of carbonyl (C=O) groups is 3. The average Bonchev–Trinajstić information content (AvgIpc) is 3.12. The Bertz CT molecular complexity index is 2130. The van der Waals surface area contributed by atoms with Gasteiger partial charge in [-0.05, 0) is 55.3 Å². The first kappa shape index (κ1) is 48.3. The molecule has 0 spiro atoms. The van der Waals surface area contributed by atoms with Gasteiger partial charge in [0.05, 0.1) is 17.5 Å². The largest absolute Gasteiger partial charge is 0.490 e. The molecule has 14 nitrogen and oxygen atoms in total. The van der Waals surface area contributed by atoms with E-state index < -0.39 is 54.0 Å². The van der Waals surface area contributed by atoms with Crippen molar-refractivity contribution in [2.24, 2.45) is 10.9 Å². The van der Waals surface area contributed by atoms with Gasteiger partial charge in [-0.25, -0.2) is 19.0 Å². The molecule has 0 saturated heterocycles. The molecule has 24 heteroatoms. The van der Waals surface area contributed by atoms with Gasteiger partial charge in [-0.15, -0.1) is 0 Å². The summed E-state index contributed by atoms with van der Waals surface area (Å²) < 4.78 is 118. The van der Waals surface area contributed by atoms with Gasteiger partial charge < -0.3 is 37.2 Å². The highest BCUT2D eigenvalue weighted by molar-refractivity contribution is 5.97. The number of benzene rings is 3. The number of aromatic nitrogens is 2. The maximum absolute atomic E-state index is 13.5. The van der Waals surface area contributed by atoms with E-state index in [-0.39, 0.29) is 53.6 Å². The summed E-state index contributed by atoms with van der Waals surface area (Å²) in [7, 11) is 0. The number of amides is 1. The number of alkyl halides is 9. The highest BCUT2D eigenvalue weighted by atomic mass is 19.4. The van der Waals surface area contributed by atoms with Gasteiger partial charge in [-0.2, -0.15) is 39.5 Å². The number of nitrogens with one attached hydrogen (secondary N) is 2. The first-order chi connectivity index (χ1) is 27.2. The van der Waals surface area contributed by atoms with Crippen LogP contribution in [0.3, 0.4) is 0 Å². The lowest BCUT2D eigenvalue weighted by molar-refractivity contribution is -0.193. The van der Waals surface area contributed by atoms with Crippen LogP contribution in [0.1, 0.15) is 36.1 Å². The predicted molar refractivity (Wildman–Crippen MR) is 190 cm³/mol. The van der Waals surface area contributed by atoms with E-state index in [0.717, 1.165) is 16.7 Å². The van der Waals surface area contributed by atoms with Crippen LogP contribution in [0.5, 0.6) is 0 Å². The molecule has 0 atom stereocenters. The highest BCUT2D eigenvalue weighted by Crippen LogP contribution is 2.34. The maximum Gasteiger partial charge on any atom is 0.490 e. The van der Waals surface area contributed by atoms with Gasteiger partial charge in [0, 0.05) is 29.4 Å². The molecular weight excluding hydrogens is 820 g/mol. The minimum atomic E-state index is -5.08. The molecule has 4 rings (SSSR count). The molecule has 0 saturated carbocycles. The quantitative estimate of drug-likeness (QED) is 0.0343. The number of nitrogens with zero attached hydrogens (tertiary/aromatic N) is 3. The fourth-order valence-corrected chi connectivity index (χ4v) is 4.21. The molecular formula is C35H33F10N7O7. The zero-order valence-electron chi connectivity index (χ0n) is 30.3. The molecule has 0 bridgehead atoms. The number of halogens is 10. The van der Waals surface area contributed by atoms with Crippen molar-refractivity contribution >= 4 is 35.2 Å². The summed E-state index contributed by atoms with van der Waals surface area (Å²) in [5.74, 6) is -6.39. The average molecular weight is 854 g/mol. The summed E-state index contributed by atoms with van der Waals surface area (Å²) in [6, 6.07) is 15.3. The molecule has 59 heavy (non-hydrogen) atoms. The lowest BCUT2D eigenvalue weighted by atomic mass is 10.1. The Morgan fingerprint density at radius 1 is 0.864 bits per heavy atom. The third-order valence-electron chi connectivity index (χ3n) is 6.89. The van der Waals surface area contributed by atoms with Crippen LogP contribution in [0.4, 0.5) is 55.4 Å². The second-order valence-electron chi connectivity index (χ2n) is 12.0. The molecule has 3 aromatic carbocycles. The van der Waals surface area contributed by atoms with E-state index >= 15 is 0 Å². The van der Waals surface area contributed by atoms with Gasteiger partial charge in [0.2, 0.25) is 5.91 Å². The first-order valence-corrected chi connectivity index (χ1v) is 16.2. The molecule has 1 aromatic heterocycles. The zero-order chi connectivity index (χ0) is 44.9. The number of carboxylic acids is 2. The topological polar surface area (TPSA) is 224 Å². The lowest BCUT2D eigenvalue weighted by Crippen LogP contribution is -2.35. The fourth-order valence-electron chi connectivity index (χ4n) is 4.21. The number of carbonyl (C=O) groups excluding carboxylic acids is 1. The second kappa shape index (κ2) is 20.5. The standard InChI is InChI=1S/C31H31F4N7O3.2C2HF3O2/c1-18(2)40-29-30(44)42(26(15-39-29)22-11-23(31(33,34)35)13-25(36)12-22)16-27(43)38-14-19-3-7-21(8-4-19)28(37)41-45-17-20-5-9-24(32)10-6-20;2*3-2(4,5)1(6)7/h3-13,15,18H,14,16-17,36H2,1-2H3,(H2,37,41)(H,38,43)(H,39,40);2*(H,6,7). The Morgan fingerprint density at radius 2 is 1.39 bits per heavy atom. The Morgan fingerprint density at radius 3 is 1.88 bits per heavy atom. The van der Waals surface area contributed by atoms with Crippen molar-refractivity contribution in [1.29, 1.82) is 0 Å². The summed E-state index contributed by atoms with van der Waals surface area (Å²) in [5, 5.41) is 23.7. The minimum absolute atomic E-state index is 0.0111. The smallest absolute Gasteiger partial charge is 0.475 e. The van der Waals surface area contributed by atoms with Crippen molar-refractivity contribution in [3.05, 3.63) is 111 Å². The summed E-state index contributed by atoms with van der Waals surface area (Å²) in [4.78, 5) is 53.4. The third kappa shape index (κ3) is 16.3. The van der Waals surface area contributed by atoms with Gasteiger partial charge in [-0.3, -0.25) is 14.2 Å². The van der Waals surface area contributed by atoms with Crippen LogP contribution in [0.25, 0.3) is 11.3 Å². The van der Waals surface area contributed by atoms with Crippen LogP contribution in [0, 0.1) is 5.82 Å². The highest BCUT2D eigenvalue weighted by Gasteiger charge is 2.39. The van der Waals surface area contributed by atoms with Crippen molar-refractivity contribution < 1.29 is 73.3 Å². The van der Waals surface area contributed by atoms with Crippen LogP contribution >= 0.6 is 0 Å². The number of hydrogen-bond donors (Lipinski definition) is 6. The Kier molecular flexibility index (Phi) is 16.8. The third-order valence-corrected chi connectivity index (χ3v) is 6.89. The number of carboxylic acid groups (broad SMARTS) is 2. The second-order valence-corrected chi connectivity index (χ2v) is 12.0. The number of rotatable bonds is 11. The molecule has 320 valence electrons. The van der Waals surface area contributed by atoms with Gasteiger partial charge >= 0.3 is 30.5 Å². The van der Waals surface area contributed by atoms with Gasteiger partial charge in [0.15, 0.2) is 11.7 Å². The SMILES string of the molecule is CC(C)Nc1ncc(-c2cc(N)cc(C(F)(F)F)c2)n(CC(=O)NCc2ccc(C(N)=NOCc3ccc(F)cc3)cc2)c1=O.O=C(O)C(F)(F)F.O=C(O)C(F)(F)F. The number of nitrogens with two attached hydrogens (primary N) is 2. The summed E-state index contributed by atoms with van der Waals surface area (Å²) >= 11 is 0. The molecule has 0 radical (unpaired) electrons. The molecule has 1 amide bonds. The van der Waals surface area contributed by atoms with E-state index in [4.69, 9.17) is 36.1 Å². The number of anilines is 2. The number of amidine groups is 1.